The molecule has 1 radical (unpaired) electrons. The molecule has 0 aromatic carbocycles. The van der Waals surface area contributed by atoms with E-state index in [0.717, 1.165) is 0 Å². The molecular weight excluding hydrogens is 175 g/mol. The number of aryl methyl sites for hydroxylation is 1. The van der Waals surface area contributed by atoms with Crippen molar-refractivity contribution in [2.24, 2.45) is 0 Å². The molecule has 0 atom stereocenters. The molecule has 0 amide bonds. The first-order valence-corrected chi connectivity index (χ1v) is 2.18. The molecule has 1 rings (SSSR count). The second-order valence-corrected chi connectivity index (χ2v) is 1.46. The van der Waals surface area contributed by atoms with Gasteiger partial charge in [-0.1, -0.05) is 19.3 Å². The van der Waals surface area contributed by atoms with Crippen molar-refractivity contribution < 1.29 is 32.7 Å². The molecule has 1 aromatic heterocycles. The summed E-state index contributed by atoms with van der Waals surface area (Å²) in [4.78, 5) is 3.72. The van der Waals surface area contributed by atoms with Crippen LogP contribution in [0.4, 0.5) is 0 Å². The molecule has 0 saturated carbocycles. The summed E-state index contributed by atoms with van der Waals surface area (Å²) in [6.45, 7) is 2.01. The van der Waals surface area contributed by atoms with Crippen molar-refractivity contribution in [3.63, 3.8) is 0 Å². The molecule has 0 aliphatic carbocycles. The van der Waals surface area contributed by atoms with Crippen molar-refractivity contribution in [1.29, 1.82) is 0 Å². The predicted octanol–water partition coefficient (Wildman–Crippen LogP) is 1.19. The largest absolute Gasteiger partial charge is 0.394 e. The normalized spacial score (nSPS) is 7.62. The molecule has 2 heteroatoms. The van der Waals surface area contributed by atoms with Crippen molar-refractivity contribution in [3.05, 3.63) is 30.1 Å². The van der Waals surface area contributed by atoms with Crippen molar-refractivity contribution in [2.45, 2.75) is 6.92 Å². The van der Waals surface area contributed by atoms with Crippen molar-refractivity contribution >= 4 is 0 Å². The van der Waals surface area contributed by atoms with Gasteiger partial charge >= 0.3 is 0 Å². The van der Waals surface area contributed by atoms with Gasteiger partial charge in [0.25, 0.3) is 0 Å². The van der Waals surface area contributed by atoms with Gasteiger partial charge in [-0.3, -0.25) is 0 Å². The van der Waals surface area contributed by atoms with E-state index < -0.39 is 0 Å². The zero-order valence-corrected chi connectivity index (χ0v) is 7.59. The molecule has 0 bridgehead atoms. The summed E-state index contributed by atoms with van der Waals surface area (Å²) in [5, 5.41) is 0. The Labute approximate surface area is 74.4 Å². The fourth-order valence-electron chi connectivity index (χ4n) is 0.385. The van der Waals surface area contributed by atoms with Crippen LogP contribution in [0.3, 0.4) is 0 Å². The number of rotatable bonds is 0. The Morgan fingerprint density at radius 3 is 2.62 bits per heavy atom. The van der Waals surface area contributed by atoms with E-state index in [0.29, 0.717) is 0 Å². The third kappa shape index (κ3) is 2.53. The van der Waals surface area contributed by atoms with E-state index in [-0.39, 0.29) is 32.7 Å². The number of hydrogen-bond donors (Lipinski definition) is 0. The summed E-state index contributed by atoms with van der Waals surface area (Å²) < 4.78 is 0. The van der Waals surface area contributed by atoms with Crippen LogP contribution in [0, 0.1) is 13.1 Å². The van der Waals surface area contributed by atoms with E-state index in [2.05, 4.69) is 11.2 Å². The summed E-state index contributed by atoms with van der Waals surface area (Å²) in [6.07, 6.45) is 4.44. The van der Waals surface area contributed by atoms with Gasteiger partial charge in [-0.05, 0) is 0 Å². The van der Waals surface area contributed by atoms with Crippen LogP contribution in [0.15, 0.2) is 18.3 Å². The Morgan fingerprint density at radius 2 is 2.38 bits per heavy atom. The third-order valence-corrected chi connectivity index (χ3v) is 0.779. The van der Waals surface area contributed by atoms with Crippen LogP contribution in [0.5, 0.6) is 0 Å². The van der Waals surface area contributed by atoms with Crippen molar-refractivity contribution in [2.75, 3.05) is 0 Å². The number of aromatic nitrogens is 1. The van der Waals surface area contributed by atoms with Gasteiger partial charge in [-0.25, -0.2) is 0 Å². The van der Waals surface area contributed by atoms with Crippen LogP contribution in [-0.2, 0) is 32.7 Å². The smallest absolute Gasteiger partial charge is 0 e. The fourth-order valence-corrected chi connectivity index (χ4v) is 0.385. The molecule has 0 spiro atoms. The first-order chi connectivity index (χ1) is 3.39. The number of hydrogen-bond acceptors (Lipinski definition) is 1. The molecular formula is C6H6NY-. The summed E-state index contributed by atoms with van der Waals surface area (Å²) in [7, 11) is 0. The van der Waals surface area contributed by atoms with E-state index in [1.165, 1.54) is 5.56 Å². The maximum absolute atomic E-state index is 3.72. The van der Waals surface area contributed by atoms with Gasteiger partial charge in [0.1, 0.15) is 0 Å². The van der Waals surface area contributed by atoms with Crippen LogP contribution < -0.4 is 0 Å². The minimum atomic E-state index is 0. The summed E-state index contributed by atoms with van der Waals surface area (Å²) >= 11 is 0. The molecule has 0 aliphatic heterocycles. The van der Waals surface area contributed by atoms with E-state index in [1.807, 2.05) is 19.1 Å². The monoisotopic (exact) mass is 181 g/mol. The average Bonchev–Trinajstić information content (AvgIpc) is 1.69. The Hall–Kier alpha value is 0.254. The quantitative estimate of drug-likeness (QED) is 0.547. The predicted molar refractivity (Wildman–Crippen MR) is 27.8 cm³/mol. The zero-order chi connectivity index (χ0) is 5.11. The summed E-state index contributed by atoms with van der Waals surface area (Å²) in [6, 6.07) is 3.79. The first kappa shape index (κ1) is 8.25. The molecule has 8 heavy (non-hydrogen) atoms. The van der Waals surface area contributed by atoms with Gasteiger partial charge in [-0.15, -0.1) is 0 Å². The SMILES string of the molecule is Cc1c[c-]ncc1.[Y]. The molecule has 0 aliphatic rings. The third-order valence-electron chi connectivity index (χ3n) is 0.779. The summed E-state index contributed by atoms with van der Waals surface area (Å²) in [5.41, 5.74) is 1.20. The van der Waals surface area contributed by atoms with Gasteiger partial charge in [0.15, 0.2) is 0 Å². The van der Waals surface area contributed by atoms with E-state index in [1.54, 1.807) is 6.20 Å². The Balaban J connectivity index is 0.000000490. The van der Waals surface area contributed by atoms with Crippen LogP contribution in [0.1, 0.15) is 5.56 Å². The van der Waals surface area contributed by atoms with Gasteiger partial charge in [0.05, 0.1) is 0 Å². The van der Waals surface area contributed by atoms with E-state index in [9.17, 15) is 0 Å². The minimum Gasteiger partial charge on any atom is -0.394 e. The van der Waals surface area contributed by atoms with Gasteiger partial charge < -0.3 is 4.98 Å². The molecule has 0 fully saturated rings. The van der Waals surface area contributed by atoms with Crippen molar-refractivity contribution in [3.8, 4) is 0 Å². The average molecular weight is 181 g/mol. The molecule has 1 nitrogen and oxygen atoms in total. The van der Waals surface area contributed by atoms with Gasteiger partial charge in [-0.2, -0.15) is 17.7 Å². The van der Waals surface area contributed by atoms with Gasteiger partial charge in [0, 0.05) is 32.7 Å². The van der Waals surface area contributed by atoms with E-state index in [4.69, 9.17) is 0 Å². The number of pyridine rings is 1. The first-order valence-electron chi connectivity index (χ1n) is 2.18. The second-order valence-electron chi connectivity index (χ2n) is 1.46. The topological polar surface area (TPSA) is 12.9 Å². The minimum absolute atomic E-state index is 0. The fraction of sp³-hybridized carbons (Fsp3) is 0.167. The summed E-state index contributed by atoms with van der Waals surface area (Å²) in [5.74, 6) is 0. The van der Waals surface area contributed by atoms with Crippen LogP contribution in [-0.4, -0.2) is 4.98 Å². The standard InChI is InChI=1S/C6H6N.Y/c1-6-2-4-7-5-3-6;/h2-4H,1H3;/q-1;. The van der Waals surface area contributed by atoms with E-state index >= 15 is 0 Å². The Kier molecular flexibility index (Phi) is 4.30. The molecule has 0 saturated heterocycles. The van der Waals surface area contributed by atoms with Crippen molar-refractivity contribution in [1.82, 2.24) is 4.98 Å². The van der Waals surface area contributed by atoms with Crippen LogP contribution in [0.2, 0.25) is 0 Å². The molecule has 0 unspecified atom stereocenters. The van der Waals surface area contributed by atoms with Crippen LogP contribution in [0.25, 0.3) is 0 Å². The molecule has 39 valence electrons. The Morgan fingerprint density at radius 1 is 1.62 bits per heavy atom. The zero-order valence-electron chi connectivity index (χ0n) is 4.76. The maximum atomic E-state index is 3.72. The Bertz CT molecular complexity index is 138. The maximum Gasteiger partial charge on any atom is 0 e. The molecule has 1 heterocycles. The number of nitrogens with zero attached hydrogens (tertiary/aromatic N) is 1. The second kappa shape index (κ2) is 4.16. The van der Waals surface area contributed by atoms with Gasteiger partial charge in [0.2, 0.25) is 0 Å². The van der Waals surface area contributed by atoms with Crippen LogP contribution >= 0.6 is 0 Å². The molecule has 0 N–H and O–H groups in total. The molecule has 1 aromatic rings.